The van der Waals surface area contributed by atoms with Crippen LogP contribution in [0, 0.1) is 0 Å². The highest BCUT2D eigenvalue weighted by atomic mass is 35.5. The number of hydrogen-bond donors (Lipinski definition) is 0. The lowest BCUT2D eigenvalue weighted by molar-refractivity contribution is 0.0550. The van der Waals surface area contributed by atoms with E-state index < -0.39 is 0 Å². The van der Waals surface area contributed by atoms with Gasteiger partial charge in [-0.05, 0) is 37.8 Å². The Balaban J connectivity index is 1.88. The van der Waals surface area contributed by atoms with E-state index in [1.807, 2.05) is 0 Å². The molecule has 1 saturated carbocycles. The summed E-state index contributed by atoms with van der Waals surface area (Å²) in [5.74, 6) is -0.290. The zero-order valence-electron chi connectivity index (χ0n) is 9.93. The highest BCUT2D eigenvalue weighted by Crippen LogP contribution is 2.32. The molecule has 3 nitrogen and oxygen atoms in total. The third-order valence-corrected chi connectivity index (χ3v) is 4.25. The number of hydrogen-bond acceptors (Lipinski definition) is 2. The van der Waals surface area contributed by atoms with Gasteiger partial charge >= 0.3 is 0 Å². The Kier molecular flexibility index (Phi) is 2.86. The zero-order chi connectivity index (χ0) is 12.7. The van der Waals surface area contributed by atoms with Crippen LogP contribution < -0.4 is 0 Å². The molecule has 2 aliphatic rings. The number of amides is 2. The maximum atomic E-state index is 12.3. The molecule has 0 unspecified atom stereocenters. The standard InChI is InChI=1S/C14H14ClNO2/c15-9-5-7-10(8-6-9)16-13(17)11-3-1-2-4-12(11)14(16)18/h1-4,9-10H,5-8H2. The third kappa shape index (κ3) is 1.74. The van der Waals surface area contributed by atoms with E-state index in [0.717, 1.165) is 25.7 Å². The Bertz CT molecular complexity index is 471. The molecule has 1 aliphatic heterocycles. The first-order valence-electron chi connectivity index (χ1n) is 6.29. The average molecular weight is 264 g/mol. The summed E-state index contributed by atoms with van der Waals surface area (Å²) in [6.07, 6.45) is 3.39. The van der Waals surface area contributed by atoms with Crippen molar-refractivity contribution < 1.29 is 9.59 Å². The monoisotopic (exact) mass is 263 g/mol. The molecule has 0 N–H and O–H groups in total. The Morgan fingerprint density at radius 3 is 1.94 bits per heavy atom. The molecule has 3 rings (SSSR count). The van der Waals surface area contributed by atoms with Crippen LogP contribution in [0.5, 0.6) is 0 Å². The van der Waals surface area contributed by atoms with E-state index in [9.17, 15) is 9.59 Å². The molecule has 0 bridgehead atoms. The second-order valence-corrected chi connectivity index (χ2v) is 5.55. The summed E-state index contributed by atoms with van der Waals surface area (Å²) in [6.45, 7) is 0. The summed E-state index contributed by atoms with van der Waals surface area (Å²) in [5.41, 5.74) is 1.07. The van der Waals surface area contributed by atoms with E-state index in [2.05, 4.69) is 0 Å². The van der Waals surface area contributed by atoms with Gasteiger partial charge in [-0.3, -0.25) is 14.5 Å². The molecule has 4 heteroatoms. The summed E-state index contributed by atoms with van der Waals surface area (Å²) in [5, 5.41) is 0.191. The van der Waals surface area contributed by atoms with Gasteiger partial charge in [0.25, 0.3) is 11.8 Å². The Morgan fingerprint density at radius 1 is 0.944 bits per heavy atom. The molecule has 1 aromatic rings. The minimum atomic E-state index is -0.145. The molecular weight excluding hydrogens is 250 g/mol. The molecule has 1 aliphatic carbocycles. The van der Waals surface area contributed by atoms with Crippen LogP contribution in [0.25, 0.3) is 0 Å². The molecule has 0 atom stereocenters. The van der Waals surface area contributed by atoms with Crippen LogP contribution in [0.15, 0.2) is 24.3 Å². The fourth-order valence-corrected chi connectivity index (χ4v) is 3.08. The normalized spacial score (nSPS) is 27.5. The zero-order valence-corrected chi connectivity index (χ0v) is 10.7. The van der Waals surface area contributed by atoms with E-state index in [4.69, 9.17) is 11.6 Å². The van der Waals surface area contributed by atoms with E-state index in [-0.39, 0.29) is 23.2 Å². The van der Waals surface area contributed by atoms with Crippen LogP contribution in [-0.4, -0.2) is 28.1 Å². The van der Waals surface area contributed by atoms with Gasteiger partial charge < -0.3 is 0 Å². The predicted molar refractivity (Wildman–Crippen MR) is 68.8 cm³/mol. The van der Waals surface area contributed by atoms with Crippen LogP contribution in [0.3, 0.4) is 0 Å². The largest absolute Gasteiger partial charge is 0.271 e. The molecule has 2 amide bonds. The Morgan fingerprint density at radius 2 is 1.44 bits per heavy atom. The predicted octanol–water partition coefficient (Wildman–Crippen LogP) is 2.83. The highest BCUT2D eigenvalue weighted by molar-refractivity contribution is 6.22. The van der Waals surface area contributed by atoms with Gasteiger partial charge in [0, 0.05) is 11.4 Å². The Labute approximate surface area is 111 Å². The van der Waals surface area contributed by atoms with Crippen molar-refractivity contribution in [2.24, 2.45) is 0 Å². The van der Waals surface area contributed by atoms with Gasteiger partial charge in [0.2, 0.25) is 0 Å². The number of carbonyl (C=O) groups is 2. The number of imide groups is 1. The maximum Gasteiger partial charge on any atom is 0.261 e. The van der Waals surface area contributed by atoms with Crippen molar-refractivity contribution in [1.29, 1.82) is 0 Å². The van der Waals surface area contributed by atoms with Gasteiger partial charge in [-0.2, -0.15) is 0 Å². The molecule has 1 aromatic carbocycles. The van der Waals surface area contributed by atoms with Crippen molar-refractivity contribution in [1.82, 2.24) is 4.90 Å². The lowest BCUT2D eigenvalue weighted by Crippen LogP contribution is -2.42. The van der Waals surface area contributed by atoms with Crippen LogP contribution in [0.4, 0.5) is 0 Å². The van der Waals surface area contributed by atoms with Crippen molar-refractivity contribution in [2.45, 2.75) is 37.1 Å². The molecule has 0 aromatic heterocycles. The number of benzene rings is 1. The second-order valence-electron chi connectivity index (χ2n) is 4.93. The van der Waals surface area contributed by atoms with E-state index in [0.29, 0.717) is 11.1 Å². The quantitative estimate of drug-likeness (QED) is 0.577. The first kappa shape index (κ1) is 11.7. The SMILES string of the molecule is O=C1c2ccccc2C(=O)N1C1CCC(Cl)CC1. The van der Waals surface area contributed by atoms with Crippen molar-refractivity contribution >= 4 is 23.4 Å². The van der Waals surface area contributed by atoms with Crippen LogP contribution in [-0.2, 0) is 0 Å². The first-order chi connectivity index (χ1) is 8.68. The van der Waals surface area contributed by atoms with Gasteiger partial charge in [-0.25, -0.2) is 0 Å². The minimum Gasteiger partial charge on any atom is -0.271 e. The van der Waals surface area contributed by atoms with E-state index in [1.54, 1.807) is 24.3 Å². The maximum absolute atomic E-state index is 12.3. The molecule has 1 heterocycles. The van der Waals surface area contributed by atoms with Gasteiger partial charge in [0.1, 0.15) is 0 Å². The fraction of sp³-hybridized carbons (Fsp3) is 0.429. The molecule has 0 spiro atoms. The fourth-order valence-electron chi connectivity index (χ4n) is 2.83. The van der Waals surface area contributed by atoms with E-state index in [1.165, 1.54) is 4.90 Å². The van der Waals surface area contributed by atoms with Crippen molar-refractivity contribution in [3.63, 3.8) is 0 Å². The average Bonchev–Trinajstić information content (AvgIpc) is 2.64. The van der Waals surface area contributed by atoms with E-state index >= 15 is 0 Å². The molecule has 0 saturated heterocycles. The smallest absolute Gasteiger partial charge is 0.261 e. The van der Waals surface area contributed by atoms with Crippen LogP contribution in [0.2, 0.25) is 0 Å². The molecule has 18 heavy (non-hydrogen) atoms. The topological polar surface area (TPSA) is 37.4 Å². The van der Waals surface area contributed by atoms with Crippen LogP contribution in [0.1, 0.15) is 46.4 Å². The van der Waals surface area contributed by atoms with Crippen LogP contribution >= 0.6 is 11.6 Å². The number of carbonyl (C=O) groups excluding carboxylic acids is 2. The summed E-state index contributed by atoms with van der Waals surface area (Å²) >= 11 is 6.06. The lowest BCUT2D eigenvalue weighted by atomic mass is 9.94. The molecule has 94 valence electrons. The first-order valence-corrected chi connectivity index (χ1v) is 6.73. The Hall–Kier alpha value is -1.35. The van der Waals surface area contributed by atoms with Crippen molar-refractivity contribution in [2.75, 3.05) is 0 Å². The summed E-state index contributed by atoms with van der Waals surface area (Å²) in [6, 6.07) is 7.06. The third-order valence-electron chi connectivity index (χ3n) is 3.82. The van der Waals surface area contributed by atoms with Gasteiger partial charge in [0.15, 0.2) is 0 Å². The van der Waals surface area contributed by atoms with Gasteiger partial charge in [0.05, 0.1) is 11.1 Å². The minimum absolute atomic E-state index is 0.0207. The summed E-state index contributed by atoms with van der Waals surface area (Å²) in [4.78, 5) is 26.0. The van der Waals surface area contributed by atoms with Gasteiger partial charge in [-0.1, -0.05) is 12.1 Å². The number of fused-ring (bicyclic) bond motifs is 1. The number of rotatable bonds is 1. The summed E-state index contributed by atoms with van der Waals surface area (Å²) in [7, 11) is 0. The lowest BCUT2D eigenvalue weighted by Gasteiger charge is -2.31. The summed E-state index contributed by atoms with van der Waals surface area (Å²) < 4.78 is 0. The van der Waals surface area contributed by atoms with Crippen molar-refractivity contribution in [3.8, 4) is 0 Å². The number of halogens is 1. The second kappa shape index (κ2) is 4.39. The number of nitrogens with zero attached hydrogens (tertiary/aromatic N) is 1. The molecule has 1 fully saturated rings. The molecule has 0 radical (unpaired) electrons. The number of alkyl halides is 1. The van der Waals surface area contributed by atoms with Crippen molar-refractivity contribution in [3.05, 3.63) is 35.4 Å². The van der Waals surface area contributed by atoms with Gasteiger partial charge in [-0.15, -0.1) is 11.6 Å². The molecular formula is C14H14ClNO2. The highest BCUT2D eigenvalue weighted by Gasteiger charge is 2.40.